The van der Waals surface area contributed by atoms with Crippen LogP contribution in [0.1, 0.15) is 18.5 Å². The smallest absolute Gasteiger partial charge is 0.242 e. The number of benzene rings is 1. The molecule has 2 aromatic rings. The molecule has 2 N–H and O–H groups in total. The van der Waals surface area contributed by atoms with Crippen LogP contribution in [0.2, 0.25) is 0 Å². The van der Waals surface area contributed by atoms with Gasteiger partial charge in [-0.1, -0.05) is 12.1 Å². The second-order valence-corrected chi connectivity index (χ2v) is 7.17. The maximum atomic E-state index is 12.8. The lowest BCUT2D eigenvalue weighted by Crippen LogP contribution is -2.37. The van der Waals surface area contributed by atoms with E-state index in [-0.39, 0.29) is 30.6 Å². The van der Waals surface area contributed by atoms with Crippen LogP contribution in [0.3, 0.4) is 0 Å². The molecular weight excluding hydrogens is 335 g/mol. The second kappa shape index (κ2) is 8.02. The number of nitrogens with one attached hydrogen (secondary N) is 2. The van der Waals surface area contributed by atoms with E-state index in [1.54, 1.807) is 23.9 Å². The number of nitrogens with zero attached hydrogens (tertiary/aromatic N) is 2. The van der Waals surface area contributed by atoms with Gasteiger partial charge in [0, 0.05) is 25.5 Å². The van der Waals surface area contributed by atoms with Crippen LogP contribution in [0.15, 0.2) is 43.0 Å². The van der Waals surface area contributed by atoms with Crippen molar-refractivity contribution in [3.05, 3.63) is 54.4 Å². The highest BCUT2D eigenvalue weighted by atomic mass is 32.2. The van der Waals surface area contributed by atoms with Gasteiger partial charge in [0.1, 0.15) is 11.9 Å². The van der Waals surface area contributed by atoms with Crippen molar-refractivity contribution < 1.29 is 17.6 Å². The Morgan fingerprint density at radius 3 is 2.67 bits per heavy atom. The molecule has 1 heterocycles. The molecule has 7 nitrogen and oxygen atoms in total. The van der Waals surface area contributed by atoms with Crippen molar-refractivity contribution in [1.29, 1.82) is 0 Å². The Kier molecular flexibility index (Phi) is 6.04. The van der Waals surface area contributed by atoms with Crippen molar-refractivity contribution in [3.8, 4) is 0 Å². The Morgan fingerprint density at radius 1 is 1.33 bits per heavy atom. The number of sulfonamides is 1. The van der Waals surface area contributed by atoms with Gasteiger partial charge in [-0.15, -0.1) is 0 Å². The minimum atomic E-state index is -3.54. The summed E-state index contributed by atoms with van der Waals surface area (Å²) < 4.78 is 40.6. The molecule has 0 bridgehead atoms. The molecule has 0 spiro atoms. The normalized spacial score (nSPS) is 12.8. The molecule has 0 saturated heterocycles. The molecule has 0 aliphatic carbocycles. The molecule has 9 heteroatoms. The van der Waals surface area contributed by atoms with E-state index < -0.39 is 16.1 Å². The lowest BCUT2D eigenvalue weighted by Gasteiger charge is -2.13. The van der Waals surface area contributed by atoms with E-state index in [1.165, 1.54) is 30.6 Å². The molecule has 0 aliphatic heterocycles. The summed E-state index contributed by atoms with van der Waals surface area (Å²) in [7, 11) is -3.54. The molecule has 0 fully saturated rings. The lowest BCUT2D eigenvalue weighted by atomic mass is 10.2. The van der Waals surface area contributed by atoms with Crippen LogP contribution in [0.5, 0.6) is 0 Å². The molecular formula is C15H19FN4O3S. The number of rotatable bonds is 8. The van der Waals surface area contributed by atoms with Gasteiger partial charge in [0.25, 0.3) is 0 Å². The van der Waals surface area contributed by atoms with Gasteiger partial charge >= 0.3 is 0 Å². The van der Waals surface area contributed by atoms with Crippen LogP contribution in [0, 0.1) is 5.82 Å². The molecule has 0 radical (unpaired) electrons. The minimum absolute atomic E-state index is 0.00335. The summed E-state index contributed by atoms with van der Waals surface area (Å²) in [4.78, 5) is 15.8. The Balaban J connectivity index is 1.76. The SMILES string of the molecule is C[C@H](C(=O)NCCS(=O)(=O)NCc1ccc(F)cc1)n1ccnc1. The van der Waals surface area contributed by atoms with Gasteiger partial charge in [-0.25, -0.2) is 22.5 Å². The average molecular weight is 354 g/mol. The van der Waals surface area contributed by atoms with Crippen LogP contribution in [-0.4, -0.2) is 36.2 Å². The van der Waals surface area contributed by atoms with Crippen molar-refractivity contribution in [2.75, 3.05) is 12.3 Å². The Labute approximate surface area is 140 Å². The molecule has 1 aromatic heterocycles. The summed E-state index contributed by atoms with van der Waals surface area (Å²) in [5, 5.41) is 2.58. The quantitative estimate of drug-likeness (QED) is 0.734. The van der Waals surface area contributed by atoms with Gasteiger partial charge in [0.05, 0.1) is 12.1 Å². The monoisotopic (exact) mass is 354 g/mol. The molecule has 1 amide bonds. The van der Waals surface area contributed by atoms with Gasteiger partial charge < -0.3 is 9.88 Å². The van der Waals surface area contributed by atoms with Crippen molar-refractivity contribution in [1.82, 2.24) is 19.6 Å². The highest BCUT2D eigenvalue weighted by Crippen LogP contribution is 2.04. The van der Waals surface area contributed by atoms with Crippen molar-refractivity contribution in [2.24, 2.45) is 0 Å². The summed E-state index contributed by atoms with van der Waals surface area (Å²) in [5.74, 6) is -0.908. The van der Waals surface area contributed by atoms with Gasteiger partial charge in [-0.05, 0) is 24.6 Å². The molecule has 0 saturated carbocycles. The first kappa shape index (κ1) is 18.1. The zero-order valence-electron chi connectivity index (χ0n) is 13.1. The van der Waals surface area contributed by atoms with Crippen molar-refractivity contribution in [3.63, 3.8) is 0 Å². The largest absolute Gasteiger partial charge is 0.353 e. The predicted molar refractivity (Wildman–Crippen MR) is 87.0 cm³/mol. The van der Waals surface area contributed by atoms with Crippen LogP contribution >= 0.6 is 0 Å². The zero-order valence-corrected chi connectivity index (χ0v) is 14.0. The van der Waals surface area contributed by atoms with Crippen LogP contribution in [0.4, 0.5) is 4.39 Å². The number of halogens is 1. The first-order chi connectivity index (χ1) is 11.4. The first-order valence-corrected chi connectivity index (χ1v) is 8.99. The summed E-state index contributed by atoms with van der Waals surface area (Å²) in [6, 6.07) is 5.07. The van der Waals surface area contributed by atoms with Crippen LogP contribution in [-0.2, 0) is 21.4 Å². The summed E-state index contributed by atoms with van der Waals surface area (Å²) in [5.41, 5.74) is 0.651. The number of amides is 1. The third kappa shape index (κ3) is 5.43. The number of hydrogen-bond acceptors (Lipinski definition) is 4. The fraction of sp³-hybridized carbons (Fsp3) is 0.333. The molecule has 1 atom stereocenters. The van der Waals surface area contributed by atoms with E-state index in [4.69, 9.17) is 0 Å². The van der Waals surface area contributed by atoms with Crippen LogP contribution in [0.25, 0.3) is 0 Å². The number of imidazole rings is 1. The van der Waals surface area contributed by atoms with Crippen molar-refractivity contribution in [2.45, 2.75) is 19.5 Å². The number of hydrogen-bond donors (Lipinski definition) is 2. The highest BCUT2D eigenvalue weighted by Gasteiger charge is 2.15. The maximum Gasteiger partial charge on any atom is 0.242 e. The Morgan fingerprint density at radius 2 is 2.04 bits per heavy atom. The average Bonchev–Trinajstić information content (AvgIpc) is 3.08. The third-order valence-electron chi connectivity index (χ3n) is 3.43. The van der Waals surface area contributed by atoms with E-state index in [2.05, 4.69) is 15.0 Å². The number of carbonyl (C=O) groups is 1. The standard InChI is InChI=1S/C15H19FN4O3S/c1-12(20-8-6-17-11-20)15(21)18-7-9-24(22,23)19-10-13-2-4-14(16)5-3-13/h2-6,8,11-12,19H,7,9-10H2,1H3,(H,18,21)/t12-/m1/s1. The minimum Gasteiger partial charge on any atom is -0.353 e. The molecule has 130 valence electrons. The third-order valence-corrected chi connectivity index (χ3v) is 4.76. The number of aromatic nitrogens is 2. The molecule has 24 heavy (non-hydrogen) atoms. The van der Waals surface area contributed by atoms with E-state index >= 15 is 0 Å². The zero-order chi connectivity index (χ0) is 17.6. The summed E-state index contributed by atoms with van der Waals surface area (Å²) in [6.45, 7) is 1.76. The fourth-order valence-corrected chi connectivity index (χ4v) is 2.86. The topological polar surface area (TPSA) is 93.1 Å². The van der Waals surface area contributed by atoms with E-state index in [9.17, 15) is 17.6 Å². The Hall–Kier alpha value is -2.26. The maximum absolute atomic E-state index is 12.8. The van der Waals surface area contributed by atoms with Gasteiger partial charge in [0.2, 0.25) is 15.9 Å². The van der Waals surface area contributed by atoms with Gasteiger partial charge in [0.15, 0.2) is 0 Å². The van der Waals surface area contributed by atoms with E-state index in [0.717, 1.165) is 0 Å². The first-order valence-electron chi connectivity index (χ1n) is 7.34. The van der Waals surface area contributed by atoms with E-state index in [1.807, 2.05) is 0 Å². The number of carbonyl (C=O) groups excluding carboxylic acids is 1. The molecule has 2 rings (SSSR count). The van der Waals surface area contributed by atoms with Gasteiger partial charge in [-0.3, -0.25) is 4.79 Å². The highest BCUT2D eigenvalue weighted by molar-refractivity contribution is 7.89. The van der Waals surface area contributed by atoms with Gasteiger partial charge in [-0.2, -0.15) is 0 Å². The predicted octanol–water partition coefficient (Wildman–Crippen LogP) is 0.819. The fourth-order valence-electron chi connectivity index (χ4n) is 1.96. The lowest BCUT2D eigenvalue weighted by molar-refractivity contribution is -0.123. The summed E-state index contributed by atoms with van der Waals surface area (Å²) >= 11 is 0. The summed E-state index contributed by atoms with van der Waals surface area (Å²) in [6.07, 6.45) is 4.74. The second-order valence-electron chi connectivity index (χ2n) is 5.24. The molecule has 0 aliphatic rings. The van der Waals surface area contributed by atoms with E-state index in [0.29, 0.717) is 5.56 Å². The molecule has 1 aromatic carbocycles. The molecule has 0 unspecified atom stereocenters. The van der Waals surface area contributed by atoms with Crippen molar-refractivity contribution >= 4 is 15.9 Å². The Bertz CT molecular complexity index is 761. The van der Waals surface area contributed by atoms with Crippen LogP contribution < -0.4 is 10.0 Å².